The summed E-state index contributed by atoms with van der Waals surface area (Å²) in [5, 5.41) is 3.50. The van der Waals surface area contributed by atoms with E-state index in [-0.39, 0.29) is 18.2 Å². The van der Waals surface area contributed by atoms with Crippen LogP contribution in [0.2, 0.25) is 0 Å². The van der Waals surface area contributed by atoms with Gasteiger partial charge in [-0.25, -0.2) is 4.98 Å². The molecule has 7 heteroatoms. The molecule has 0 spiro atoms. The fourth-order valence-electron chi connectivity index (χ4n) is 2.16. The summed E-state index contributed by atoms with van der Waals surface area (Å²) in [6, 6.07) is 6.10. The minimum Gasteiger partial charge on any atom is -0.369 e. The molecule has 0 atom stereocenters. The summed E-state index contributed by atoms with van der Waals surface area (Å²) in [6.07, 6.45) is 3.61. The van der Waals surface area contributed by atoms with E-state index >= 15 is 0 Å². The molecule has 0 aliphatic rings. The third-order valence-corrected chi connectivity index (χ3v) is 5.14. The molecule has 0 bridgehead atoms. The van der Waals surface area contributed by atoms with Crippen LogP contribution < -0.4 is 11.1 Å². The molecule has 2 rings (SSSR count). The van der Waals surface area contributed by atoms with Gasteiger partial charge < -0.3 is 11.1 Å². The number of carbonyl (C=O) groups excluding carboxylic acids is 2. The van der Waals surface area contributed by atoms with Crippen molar-refractivity contribution in [2.75, 3.05) is 12.3 Å². The summed E-state index contributed by atoms with van der Waals surface area (Å²) >= 11 is 1.35. The summed E-state index contributed by atoms with van der Waals surface area (Å²) in [5.41, 5.74) is 7.97. The maximum absolute atomic E-state index is 12.1. The van der Waals surface area contributed by atoms with E-state index in [1.54, 1.807) is 20.0 Å². The molecule has 2 amide bonds. The van der Waals surface area contributed by atoms with E-state index in [0.717, 1.165) is 10.8 Å². The third kappa shape index (κ3) is 4.63. The van der Waals surface area contributed by atoms with Crippen molar-refractivity contribution in [2.24, 2.45) is 11.1 Å². The number of thioether (sulfide) groups is 1. The van der Waals surface area contributed by atoms with Gasteiger partial charge in [-0.15, -0.1) is 0 Å². The van der Waals surface area contributed by atoms with Crippen LogP contribution in [0.3, 0.4) is 0 Å². The minimum atomic E-state index is -0.766. The Morgan fingerprint density at radius 2 is 2.04 bits per heavy atom. The molecular weight excluding hydrogens is 336 g/mol. The molecule has 0 saturated heterocycles. The first-order valence-corrected chi connectivity index (χ1v) is 9.00. The summed E-state index contributed by atoms with van der Waals surface area (Å²) < 4.78 is 1.98. The maximum atomic E-state index is 12.1. The standard InChI is InChI=1S/C18H24N4O2S/c1-12-6-5-7-14(13(12)2)22-9-8-20-17(22)25-10-15(23)21-11-18(3,4)16(19)24/h5-9H,10-11H2,1-4H3,(H2,19,24)(H,21,23). The fourth-order valence-corrected chi connectivity index (χ4v) is 2.96. The molecular formula is C18H24N4O2S. The lowest BCUT2D eigenvalue weighted by molar-refractivity contribution is -0.126. The lowest BCUT2D eigenvalue weighted by Crippen LogP contribution is -2.42. The topological polar surface area (TPSA) is 90.0 Å². The molecule has 6 nitrogen and oxygen atoms in total. The second-order valence-corrected chi connectivity index (χ2v) is 7.55. The molecule has 134 valence electrons. The van der Waals surface area contributed by atoms with Crippen molar-refractivity contribution < 1.29 is 9.59 Å². The second kappa shape index (κ2) is 7.74. The van der Waals surface area contributed by atoms with Crippen LogP contribution in [-0.2, 0) is 9.59 Å². The Morgan fingerprint density at radius 1 is 1.32 bits per heavy atom. The molecule has 25 heavy (non-hydrogen) atoms. The van der Waals surface area contributed by atoms with Gasteiger partial charge in [0.25, 0.3) is 0 Å². The van der Waals surface area contributed by atoms with Gasteiger partial charge in [-0.1, -0.05) is 23.9 Å². The molecule has 0 aliphatic heterocycles. The SMILES string of the molecule is Cc1cccc(-n2ccnc2SCC(=O)NCC(C)(C)C(N)=O)c1C. The monoisotopic (exact) mass is 360 g/mol. The van der Waals surface area contributed by atoms with E-state index in [1.807, 2.05) is 22.9 Å². The largest absolute Gasteiger partial charge is 0.369 e. The van der Waals surface area contributed by atoms with Gasteiger partial charge in [-0.3, -0.25) is 14.2 Å². The molecule has 2 aromatic rings. The first-order chi connectivity index (χ1) is 11.7. The highest BCUT2D eigenvalue weighted by Gasteiger charge is 2.25. The minimum absolute atomic E-state index is 0.158. The van der Waals surface area contributed by atoms with Crippen LogP contribution in [0, 0.1) is 19.3 Å². The summed E-state index contributed by atoms with van der Waals surface area (Å²) in [5.74, 6) is -0.378. The Kier molecular flexibility index (Phi) is 5.89. The number of nitrogens with one attached hydrogen (secondary N) is 1. The number of carbonyl (C=O) groups is 2. The van der Waals surface area contributed by atoms with E-state index in [1.165, 1.54) is 22.9 Å². The number of rotatable bonds is 7. The Morgan fingerprint density at radius 3 is 2.72 bits per heavy atom. The first-order valence-electron chi connectivity index (χ1n) is 8.01. The van der Waals surface area contributed by atoms with Crippen molar-refractivity contribution in [3.63, 3.8) is 0 Å². The van der Waals surface area contributed by atoms with E-state index < -0.39 is 11.3 Å². The zero-order valence-electron chi connectivity index (χ0n) is 15.0. The smallest absolute Gasteiger partial charge is 0.230 e. The molecule has 0 unspecified atom stereocenters. The van der Waals surface area contributed by atoms with Crippen molar-refractivity contribution >= 4 is 23.6 Å². The van der Waals surface area contributed by atoms with Gasteiger partial charge >= 0.3 is 0 Å². The Labute approximate surface area is 152 Å². The predicted octanol–water partition coefficient (Wildman–Crippen LogP) is 2.21. The van der Waals surface area contributed by atoms with Crippen molar-refractivity contribution in [2.45, 2.75) is 32.9 Å². The van der Waals surface area contributed by atoms with Crippen molar-refractivity contribution in [1.82, 2.24) is 14.9 Å². The average Bonchev–Trinajstić information content (AvgIpc) is 3.01. The van der Waals surface area contributed by atoms with Gasteiger partial charge in [0, 0.05) is 18.9 Å². The Hall–Kier alpha value is -2.28. The van der Waals surface area contributed by atoms with Crippen LogP contribution in [0.25, 0.3) is 5.69 Å². The molecule has 3 N–H and O–H groups in total. The predicted molar refractivity (Wildman–Crippen MR) is 99.7 cm³/mol. The van der Waals surface area contributed by atoms with Gasteiger partial charge in [0.2, 0.25) is 11.8 Å². The summed E-state index contributed by atoms with van der Waals surface area (Å²) in [6.45, 7) is 7.76. The van der Waals surface area contributed by atoms with E-state index in [4.69, 9.17) is 5.73 Å². The zero-order valence-corrected chi connectivity index (χ0v) is 15.8. The Balaban J connectivity index is 2.01. The first kappa shape index (κ1) is 19.1. The molecule has 1 aromatic heterocycles. The number of hydrogen-bond acceptors (Lipinski definition) is 4. The molecule has 1 heterocycles. The highest BCUT2D eigenvalue weighted by atomic mass is 32.2. The number of aromatic nitrogens is 2. The van der Waals surface area contributed by atoms with Crippen molar-refractivity contribution in [1.29, 1.82) is 0 Å². The summed E-state index contributed by atoms with van der Waals surface area (Å²) in [7, 11) is 0. The van der Waals surface area contributed by atoms with Crippen LogP contribution in [0.15, 0.2) is 35.7 Å². The quantitative estimate of drug-likeness (QED) is 0.741. The van der Waals surface area contributed by atoms with Crippen LogP contribution in [0.4, 0.5) is 0 Å². The number of imidazole rings is 1. The second-order valence-electron chi connectivity index (χ2n) is 6.61. The van der Waals surface area contributed by atoms with Gasteiger partial charge in [0.1, 0.15) is 0 Å². The number of aryl methyl sites for hydroxylation is 1. The summed E-state index contributed by atoms with van der Waals surface area (Å²) in [4.78, 5) is 27.7. The van der Waals surface area contributed by atoms with Crippen molar-refractivity contribution in [3.8, 4) is 5.69 Å². The fraction of sp³-hybridized carbons (Fsp3) is 0.389. The molecule has 0 aliphatic carbocycles. The van der Waals surface area contributed by atoms with E-state index in [9.17, 15) is 9.59 Å². The Bertz CT molecular complexity index is 783. The van der Waals surface area contributed by atoms with E-state index in [0.29, 0.717) is 0 Å². The van der Waals surface area contributed by atoms with Crippen molar-refractivity contribution in [3.05, 3.63) is 41.7 Å². The average molecular weight is 360 g/mol. The van der Waals surface area contributed by atoms with Gasteiger partial charge in [-0.05, 0) is 44.9 Å². The lowest BCUT2D eigenvalue weighted by Gasteiger charge is -2.20. The van der Waals surface area contributed by atoms with Crippen LogP contribution >= 0.6 is 11.8 Å². The van der Waals surface area contributed by atoms with Gasteiger partial charge in [0.15, 0.2) is 5.16 Å². The number of primary amides is 1. The molecule has 0 radical (unpaired) electrons. The van der Waals surface area contributed by atoms with Crippen LogP contribution in [-0.4, -0.2) is 33.7 Å². The third-order valence-electron chi connectivity index (χ3n) is 4.17. The number of nitrogens with zero attached hydrogens (tertiary/aromatic N) is 2. The normalized spacial score (nSPS) is 11.4. The van der Waals surface area contributed by atoms with Gasteiger partial charge in [-0.2, -0.15) is 0 Å². The number of amides is 2. The highest BCUT2D eigenvalue weighted by Crippen LogP contribution is 2.24. The maximum Gasteiger partial charge on any atom is 0.230 e. The van der Waals surface area contributed by atoms with Gasteiger partial charge in [0.05, 0.1) is 16.9 Å². The number of benzene rings is 1. The molecule has 0 saturated carbocycles. The highest BCUT2D eigenvalue weighted by molar-refractivity contribution is 7.99. The zero-order chi connectivity index (χ0) is 18.6. The lowest BCUT2D eigenvalue weighted by atomic mass is 9.93. The van der Waals surface area contributed by atoms with E-state index in [2.05, 4.69) is 30.2 Å². The molecule has 0 fully saturated rings. The molecule has 1 aromatic carbocycles. The number of hydrogen-bond donors (Lipinski definition) is 2. The van der Waals surface area contributed by atoms with Crippen LogP contribution in [0.1, 0.15) is 25.0 Å². The number of nitrogens with two attached hydrogens (primary N) is 1. The van der Waals surface area contributed by atoms with Crippen LogP contribution in [0.5, 0.6) is 0 Å².